The highest BCUT2D eigenvalue weighted by Gasteiger charge is 2.43. The van der Waals surface area contributed by atoms with E-state index in [-0.39, 0.29) is 17.2 Å². The van der Waals surface area contributed by atoms with Gasteiger partial charge in [-0.3, -0.25) is 9.69 Å². The van der Waals surface area contributed by atoms with Crippen LogP contribution in [0.25, 0.3) is 0 Å². The summed E-state index contributed by atoms with van der Waals surface area (Å²) in [6.45, 7) is 3.46. The van der Waals surface area contributed by atoms with Crippen molar-refractivity contribution in [3.63, 3.8) is 0 Å². The molecule has 0 N–H and O–H groups in total. The van der Waals surface area contributed by atoms with Crippen molar-refractivity contribution in [1.82, 2.24) is 9.97 Å². The van der Waals surface area contributed by atoms with Crippen molar-refractivity contribution in [3.8, 4) is 0 Å². The van der Waals surface area contributed by atoms with Crippen LogP contribution in [0.3, 0.4) is 0 Å². The molecular weight excluding hydrogens is 363 g/mol. The van der Waals surface area contributed by atoms with E-state index in [9.17, 15) is 4.79 Å². The van der Waals surface area contributed by atoms with Crippen LogP contribution < -0.4 is 9.80 Å². The van der Waals surface area contributed by atoms with E-state index >= 15 is 0 Å². The molecule has 1 unspecified atom stereocenters. The van der Waals surface area contributed by atoms with Gasteiger partial charge >= 0.3 is 0 Å². The summed E-state index contributed by atoms with van der Waals surface area (Å²) in [5.74, 6) is 0.647. The fraction of sp³-hybridized carbons (Fsp3) is 0.353. The van der Waals surface area contributed by atoms with Crippen molar-refractivity contribution in [3.05, 3.63) is 46.3 Å². The number of nitrogens with zero attached hydrogens (tertiary/aromatic N) is 4. The zero-order chi connectivity index (χ0) is 17.6. The lowest BCUT2D eigenvalue weighted by molar-refractivity contribution is -0.123. The molecule has 3 heterocycles. The maximum absolute atomic E-state index is 13.2. The third-order valence-corrected chi connectivity index (χ3v) is 5.08. The van der Waals surface area contributed by atoms with Gasteiger partial charge < -0.3 is 9.64 Å². The summed E-state index contributed by atoms with van der Waals surface area (Å²) in [5, 5.41) is 0.820. The second kappa shape index (κ2) is 6.44. The number of aromatic nitrogens is 2. The Morgan fingerprint density at radius 1 is 1.28 bits per heavy atom. The molecule has 1 aromatic heterocycles. The van der Waals surface area contributed by atoms with E-state index in [4.69, 9.17) is 27.9 Å². The maximum atomic E-state index is 13.2. The lowest BCUT2D eigenvalue weighted by Crippen LogP contribution is -2.59. The smallest absolute Gasteiger partial charge is 0.252 e. The van der Waals surface area contributed by atoms with Gasteiger partial charge in [0.15, 0.2) is 5.82 Å². The third-order valence-electron chi connectivity index (χ3n) is 4.64. The number of carbonyl (C=O) groups excluding carboxylic acids is 1. The second-order valence-electron chi connectivity index (χ2n) is 6.07. The molecule has 1 amide bonds. The number of halogens is 2. The standard InChI is InChI=1S/C17H16Cl2N4O2/c1-10(11-2-4-12(18)5-3-11)23-13-8-20-17(19)21-15(13)22-6-7-25-9-14(22)16(23)24/h2-5,8,10,14H,6-7,9H2,1H3/t10-,14?/m1/s1. The van der Waals surface area contributed by atoms with Gasteiger partial charge in [0, 0.05) is 11.6 Å². The molecule has 8 heteroatoms. The van der Waals surface area contributed by atoms with Gasteiger partial charge in [0.1, 0.15) is 11.7 Å². The number of rotatable bonds is 2. The van der Waals surface area contributed by atoms with Crippen molar-refractivity contribution in [1.29, 1.82) is 0 Å². The zero-order valence-electron chi connectivity index (χ0n) is 13.5. The lowest BCUT2D eigenvalue weighted by Gasteiger charge is -2.45. The predicted molar refractivity (Wildman–Crippen MR) is 96.3 cm³/mol. The van der Waals surface area contributed by atoms with Crippen LogP contribution in [0.15, 0.2) is 30.5 Å². The normalized spacial score (nSPS) is 20.9. The van der Waals surface area contributed by atoms with Gasteiger partial charge in [0.25, 0.3) is 5.91 Å². The fourth-order valence-corrected chi connectivity index (χ4v) is 3.61. The average Bonchev–Trinajstić information content (AvgIpc) is 2.63. The average molecular weight is 379 g/mol. The number of hydrogen-bond donors (Lipinski definition) is 0. The predicted octanol–water partition coefficient (Wildman–Crippen LogP) is 3.10. The summed E-state index contributed by atoms with van der Waals surface area (Å²) in [6, 6.07) is 6.87. The van der Waals surface area contributed by atoms with Crippen molar-refractivity contribution in [2.45, 2.75) is 19.0 Å². The van der Waals surface area contributed by atoms with Gasteiger partial charge in [-0.1, -0.05) is 23.7 Å². The van der Waals surface area contributed by atoms with Gasteiger partial charge in [0.2, 0.25) is 5.28 Å². The largest absolute Gasteiger partial charge is 0.377 e. The van der Waals surface area contributed by atoms with Gasteiger partial charge in [-0.05, 0) is 36.2 Å². The summed E-state index contributed by atoms with van der Waals surface area (Å²) in [7, 11) is 0. The number of anilines is 2. The van der Waals surface area contributed by atoms with E-state index in [1.807, 2.05) is 36.1 Å². The minimum Gasteiger partial charge on any atom is -0.377 e. The number of ether oxygens (including phenoxy) is 1. The highest BCUT2D eigenvalue weighted by Crippen LogP contribution is 2.40. The van der Waals surface area contributed by atoms with Crippen LogP contribution in [0.2, 0.25) is 10.3 Å². The Morgan fingerprint density at radius 3 is 2.80 bits per heavy atom. The van der Waals surface area contributed by atoms with Crippen LogP contribution >= 0.6 is 23.2 Å². The number of benzene rings is 1. The molecule has 2 aliphatic heterocycles. The molecule has 1 saturated heterocycles. The van der Waals surface area contributed by atoms with Crippen LogP contribution in [0, 0.1) is 0 Å². The summed E-state index contributed by atoms with van der Waals surface area (Å²) >= 11 is 12.0. The molecule has 4 rings (SSSR count). The molecular formula is C17H16Cl2N4O2. The molecule has 2 atom stereocenters. The molecule has 0 radical (unpaired) electrons. The molecule has 1 fully saturated rings. The van der Waals surface area contributed by atoms with E-state index in [0.717, 1.165) is 5.56 Å². The van der Waals surface area contributed by atoms with Gasteiger partial charge in [-0.25, -0.2) is 4.98 Å². The molecule has 1 aromatic carbocycles. The van der Waals surface area contributed by atoms with Gasteiger partial charge in [0.05, 0.1) is 25.5 Å². The topological polar surface area (TPSA) is 58.6 Å². The molecule has 2 aliphatic rings. The Morgan fingerprint density at radius 2 is 2.04 bits per heavy atom. The first kappa shape index (κ1) is 16.6. The minimum absolute atomic E-state index is 0.0272. The zero-order valence-corrected chi connectivity index (χ0v) is 15.0. The van der Waals surface area contributed by atoms with Crippen LogP contribution in [0.5, 0.6) is 0 Å². The lowest BCUT2D eigenvalue weighted by atomic mass is 10.0. The Bertz CT molecular complexity index is 815. The highest BCUT2D eigenvalue weighted by atomic mass is 35.5. The molecule has 0 bridgehead atoms. The maximum Gasteiger partial charge on any atom is 0.252 e. The molecule has 25 heavy (non-hydrogen) atoms. The monoisotopic (exact) mass is 378 g/mol. The number of morpholine rings is 1. The van der Waals surface area contributed by atoms with Crippen LogP contribution in [0.4, 0.5) is 11.5 Å². The first-order valence-electron chi connectivity index (χ1n) is 8.01. The summed E-state index contributed by atoms with van der Waals surface area (Å²) in [6.07, 6.45) is 1.61. The molecule has 0 aliphatic carbocycles. The van der Waals surface area contributed by atoms with Crippen molar-refractivity contribution < 1.29 is 9.53 Å². The van der Waals surface area contributed by atoms with E-state index in [0.29, 0.717) is 36.3 Å². The number of fused-ring (bicyclic) bond motifs is 3. The van der Waals surface area contributed by atoms with E-state index in [1.54, 1.807) is 11.1 Å². The Balaban J connectivity index is 1.80. The quantitative estimate of drug-likeness (QED) is 0.751. The third kappa shape index (κ3) is 2.84. The summed E-state index contributed by atoms with van der Waals surface area (Å²) in [4.78, 5) is 25.3. The Kier molecular flexibility index (Phi) is 4.27. The van der Waals surface area contributed by atoms with Crippen molar-refractivity contribution in [2.75, 3.05) is 29.6 Å². The Labute approximate surface area is 155 Å². The second-order valence-corrected chi connectivity index (χ2v) is 6.84. The number of amides is 1. The minimum atomic E-state index is -0.401. The van der Waals surface area contributed by atoms with Gasteiger partial charge in [-0.2, -0.15) is 4.98 Å². The van der Waals surface area contributed by atoms with E-state index < -0.39 is 6.04 Å². The first-order valence-corrected chi connectivity index (χ1v) is 8.77. The van der Waals surface area contributed by atoms with Crippen LogP contribution in [0.1, 0.15) is 18.5 Å². The van der Waals surface area contributed by atoms with E-state index in [1.165, 1.54) is 0 Å². The number of carbonyl (C=O) groups is 1. The SMILES string of the molecule is C[C@H](c1ccc(Cl)cc1)N1C(=O)C2COCCN2c2nc(Cl)ncc21. The van der Waals surface area contributed by atoms with Crippen molar-refractivity contribution >= 4 is 40.6 Å². The molecule has 6 nitrogen and oxygen atoms in total. The number of hydrogen-bond acceptors (Lipinski definition) is 5. The highest BCUT2D eigenvalue weighted by molar-refractivity contribution is 6.30. The summed E-state index contributed by atoms with van der Waals surface area (Å²) in [5.41, 5.74) is 1.64. The van der Waals surface area contributed by atoms with E-state index in [2.05, 4.69) is 9.97 Å². The van der Waals surface area contributed by atoms with Crippen molar-refractivity contribution in [2.24, 2.45) is 0 Å². The van der Waals surface area contributed by atoms with Crippen LogP contribution in [-0.2, 0) is 9.53 Å². The summed E-state index contributed by atoms with van der Waals surface area (Å²) < 4.78 is 5.52. The van der Waals surface area contributed by atoms with Gasteiger partial charge in [-0.15, -0.1) is 0 Å². The first-order chi connectivity index (χ1) is 12.1. The molecule has 0 saturated carbocycles. The molecule has 0 spiro atoms. The molecule has 130 valence electrons. The molecule has 2 aromatic rings. The van der Waals surface area contributed by atoms with Crippen LogP contribution in [-0.4, -0.2) is 41.7 Å². The Hall–Kier alpha value is -1.89. The fourth-order valence-electron chi connectivity index (χ4n) is 3.36.